The van der Waals surface area contributed by atoms with Crippen LogP contribution in [-0.2, 0) is 0 Å². The maximum atomic E-state index is 6.46. The van der Waals surface area contributed by atoms with Crippen LogP contribution >= 0.6 is 35.4 Å². The van der Waals surface area contributed by atoms with Gasteiger partial charge in [0.05, 0.1) is 23.9 Å². The van der Waals surface area contributed by atoms with Crippen molar-refractivity contribution < 1.29 is 9.15 Å². The number of thiocarbonyl (C=S) groups is 1. The van der Waals surface area contributed by atoms with E-state index in [4.69, 9.17) is 44.6 Å². The molecule has 5 nitrogen and oxygen atoms in total. The summed E-state index contributed by atoms with van der Waals surface area (Å²) in [6, 6.07) is 20.6. The summed E-state index contributed by atoms with van der Waals surface area (Å²) in [5.41, 5.74) is 3.59. The number of anilines is 1. The second-order valence-electron chi connectivity index (χ2n) is 7.93. The molecular formula is C26H21Cl2N3O2S. The lowest BCUT2D eigenvalue weighted by atomic mass is 10.0. The van der Waals surface area contributed by atoms with Gasteiger partial charge >= 0.3 is 0 Å². The molecule has 2 aromatic heterocycles. The molecule has 34 heavy (non-hydrogen) atoms. The lowest BCUT2D eigenvalue weighted by Crippen LogP contribution is -2.29. The van der Waals surface area contributed by atoms with Gasteiger partial charge in [0.25, 0.3) is 0 Å². The minimum atomic E-state index is -0.292. The number of nitrogens with one attached hydrogen (secondary N) is 1. The monoisotopic (exact) mass is 509 g/mol. The number of halogens is 2. The largest absolute Gasteiger partial charge is 0.495 e. The van der Waals surface area contributed by atoms with Crippen LogP contribution in [0.4, 0.5) is 5.69 Å². The van der Waals surface area contributed by atoms with E-state index in [2.05, 4.69) is 10.3 Å². The van der Waals surface area contributed by atoms with Crippen molar-refractivity contribution in [3.8, 4) is 17.1 Å². The predicted octanol–water partition coefficient (Wildman–Crippen LogP) is 7.14. The van der Waals surface area contributed by atoms with Gasteiger partial charge in [0.1, 0.15) is 23.3 Å². The van der Waals surface area contributed by atoms with Gasteiger partial charge in [-0.1, -0.05) is 41.4 Å². The highest BCUT2D eigenvalue weighted by Gasteiger charge is 2.42. The Morgan fingerprint density at radius 3 is 2.62 bits per heavy atom. The van der Waals surface area contributed by atoms with Gasteiger partial charge in [-0.3, -0.25) is 4.98 Å². The minimum absolute atomic E-state index is 0.228. The first-order valence-corrected chi connectivity index (χ1v) is 11.8. The second kappa shape index (κ2) is 9.29. The van der Waals surface area contributed by atoms with E-state index in [-0.39, 0.29) is 12.1 Å². The van der Waals surface area contributed by atoms with Crippen LogP contribution in [0.1, 0.15) is 29.1 Å². The van der Waals surface area contributed by atoms with Crippen LogP contribution < -0.4 is 15.0 Å². The molecule has 0 bridgehead atoms. The first-order chi connectivity index (χ1) is 16.5. The van der Waals surface area contributed by atoms with Gasteiger partial charge in [-0.05, 0) is 73.2 Å². The van der Waals surface area contributed by atoms with Gasteiger partial charge in [-0.2, -0.15) is 0 Å². The summed E-state index contributed by atoms with van der Waals surface area (Å²) in [6.07, 6.45) is 1.77. The molecule has 172 valence electrons. The van der Waals surface area contributed by atoms with E-state index >= 15 is 0 Å². The van der Waals surface area contributed by atoms with Gasteiger partial charge in [0.15, 0.2) is 5.11 Å². The van der Waals surface area contributed by atoms with E-state index in [1.54, 1.807) is 13.3 Å². The van der Waals surface area contributed by atoms with Crippen molar-refractivity contribution in [2.24, 2.45) is 0 Å². The van der Waals surface area contributed by atoms with Crippen LogP contribution in [0.3, 0.4) is 0 Å². The Balaban J connectivity index is 1.62. The molecule has 0 radical (unpaired) electrons. The van der Waals surface area contributed by atoms with Gasteiger partial charge in [0.2, 0.25) is 0 Å². The molecule has 3 heterocycles. The molecule has 0 spiro atoms. The van der Waals surface area contributed by atoms with Crippen LogP contribution in [0.5, 0.6) is 5.75 Å². The predicted molar refractivity (Wildman–Crippen MR) is 140 cm³/mol. The van der Waals surface area contributed by atoms with E-state index in [1.165, 1.54) is 0 Å². The summed E-state index contributed by atoms with van der Waals surface area (Å²) in [4.78, 5) is 6.59. The SMILES string of the molecule is COc1ccc(N2C(=S)N[C@@H](c3ccccn3)[C@H]2c2ccc(-c3cccc(Cl)c3C)o2)cc1Cl. The zero-order chi connectivity index (χ0) is 23.8. The number of hydrogen-bond acceptors (Lipinski definition) is 4. The molecule has 1 saturated heterocycles. The fraction of sp³-hybridized carbons (Fsp3) is 0.154. The quantitative estimate of drug-likeness (QED) is 0.288. The van der Waals surface area contributed by atoms with Crippen molar-refractivity contribution >= 4 is 46.2 Å². The highest BCUT2D eigenvalue weighted by Crippen LogP contribution is 2.44. The van der Waals surface area contributed by atoms with Gasteiger partial charge < -0.3 is 19.4 Å². The fourth-order valence-corrected chi connectivity index (χ4v) is 5.03. The first kappa shape index (κ1) is 22.7. The Labute approximate surface area is 213 Å². The third kappa shape index (κ3) is 4.02. The number of furan rings is 1. The molecule has 5 rings (SSSR count). The Kier molecular flexibility index (Phi) is 6.21. The lowest BCUT2D eigenvalue weighted by molar-refractivity contribution is 0.415. The standard InChI is InChI=1S/C26H21Cl2N3O2S/c1-15-17(6-5-7-18(15)27)21-11-12-23(33-21)25-24(20-8-3-4-13-29-20)30-26(34)31(25)16-9-10-22(32-2)19(28)14-16/h3-14,24-25H,1-2H3,(H,30,34)/t24-,25+/m0/s1. The molecule has 0 aliphatic carbocycles. The van der Waals surface area contributed by atoms with Crippen molar-refractivity contribution in [1.82, 2.24) is 10.3 Å². The van der Waals surface area contributed by atoms with Crippen LogP contribution in [0.2, 0.25) is 10.0 Å². The second-order valence-corrected chi connectivity index (χ2v) is 9.13. The van der Waals surface area contributed by atoms with Crippen LogP contribution in [0.25, 0.3) is 11.3 Å². The third-order valence-corrected chi connectivity index (χ3v) is 6.98. The van der Waals surface area contributed by atoms with Crippen molar-refractivity contribution in [3.05, 3.63) is 100.0 Å². The van der Waals surface area contributed by atoms with Crippen molar-refractivity contribution in [2.75, 3.05) is 12.0 Å². The number of rotatable bonds is 5. The van der Waals surface area contributed by atoms with E-state index in [1.807, 2.05) is 78.6 Å². The van der Waals surface area contributed by atoms with Gasteiger partial charge in [0, 0.05) is 22.5 Å². The molecular weight excluding hydrogens is 489 g/mol. The zero-order valence-corrected chi connectivity index (χ0v) is 20.8. The number of nitrogens with zero attached hydrogens (tertiary/aromatic N) is 2. The topological polar surface area (TPSA) is 50.5 Å². The van der Waals surface area contributed by atoms with Gasteiger partial charge in [-0.15, -0.1) is 0 Å². The highest BCUT2D eigenvalue weighted by atomic mass is 35.5. The summed E-state index contributed by atoms with van der Waals surface area (Å²) >= 11 is 18.6. The van der Waals surface area contributed by atoms with Crippen LogP contribution in [0.15, 0.2) is 77.3 Å². The van der Waals surface area contributed by atoms with E-state index in [9.17, 15) is 0 Å². The average Bonchev–Trinajstić information content (AvgIpc) is 3.46. The first-order valence-electron chi connectivity index (χ1n) is 10.7. The Morgan fingerprint density at radius 2 is 1.88 bits per heavy atom. The van der Waals surface area contributed by atoms with E-state index in [0.717, 1.165) is 34.0 Å². The molecule has 0 saturated carbocycles. The van der Waals surface area contributed by atoms with Crippen LogP contribution in [0, 0.1) is 6.92 Å². The third-order valence-electron chi connectivity index (χ3n) is 5.96. The molecule has 0 unspecified atom stereocenters. The summed E-state index contributed by atoms with van der Waals surface area (Å²) in [5.74, 6) is 2.07. The number of ether oxygens (including phenoxy) is 1. The molecule has 1 aliphatic heterocycles. The number of hydrogen-bond donors (Lipinski definition) is 1. The number of aromatic nitrogens is 1. The summed E-state index contributed by atoms with van der Waals surface area (Å²) < 4.78 is 11.8. The van der Waals surface area contributed by atoms with Crippen molar-refractivity contribution in [3.63, 3.8) is 0 Å². The number of methoxy groups -OCH3 is 1. The summed E-state index contributed by atoms with van der Waals surface area (Å²) in [6.45, 7) is 1.98. The average molecular weight is 510 g/mol. The maximum absolute atomic E-state index is 6.46. The van der Waals surface area contributed by atoms with Crippen LogP contribution in [-0.4, -0.2) is 17.2 Å². The zero-order valence-electron chi connectivity index (χ0n) is 18.5. The van der Waals surface area contributed by atoms with Crippen molar-refractivity contribution in [1.29, 1.82) is 0 Å². The normalized spacial score (nSPS) is 17.6. The molecule has 2 atom stereocenters. The number of pyridine rings is 1. The Morgan fingerprint density at radius 1 is 1.03 bits per heavy atom. The summed E-state index contributed by atoms with van der Waals surface area (Å²) in [5, 5.41) is 5.17. The molecule has 1 aliphatic rings. The smallest absolute Gasteiger partial charge is 0.174 e. The highest BCUT2D eigenvalue weighted by molar-refractivity contribution is 7.80. The Hall–Kier alpha value is -3.06. The lowest BCUT2D eigenvalue weighted by Gasteiger charge is -2.26. The van der Waals surface area contributed by atoms with Crippen molar-refractivity contribution in [2.45, 2.75) is 19.0 Å². The summed E-state index contributed by atoms with van der Waals surface area (Å²) in [7, 11) is 1.59. The molecule has 0 amide bonds. The molecule has 1 N–H and O–H groups in total. The fourth-order valence-electron chi connectivity index (χ4n) is 4.26. The van der Waals surface area contributed by atoms with E-state index in [0.29, 0.717) is 20.9 Å². The molecule has 4 aromatic rings. The maximum Gasteiger partial charge on any atom is 0.174 e. The number of benzene rings is 2. The molecule has 2 aromatic carbocycles. The molecule has 8 heteroatoms. The van der Waals surface area contributed by atoms with E-state index < -0.39 is 0 Å². The Bertz CT molecular complexity index is 1360. The molecule has 1 fully saturated rings. The minimum Gasteiger partial charge on any atom is -0.495 e. The van der Waals surface area contributed by atoms with Gasteiger partial charge in [-0.25, -0.2) is 0 Å².